The van der Waals surface area contributed by atoms with E-state index in [1.165, 1.54) is 0 Å². The first-order chi connectivity index (χ1) is 16.2. The van der Waals surface area contributed by atoms with E-state index in [4.69, 9.17) is 18.9 Å². The van der Waals surface area contributed by atoms with Gasteiger partial charge < -0.3 is 23.8 Å². The third-order valence-electron chi connectivity index (χ3n) is 5.31. The van der Waals surface area contributed by atoms with Crippen LogP contribution < -0.4 is 19.1 Å². The lowest BCUT2D eigenvalue weighted by Crippen LogP contribution is -2.38. The van der Waals surface area contributed by atoms with Crippen LogP contribution in [0.5, 0.6) is 17.2 Å². The van der Waals surface area contributed by atoms with Crippen LogP contribution in [0.25, 0.3) is 17.3 Å². The minimum absolute atomic E-state index is 0.347. The Morgan fingerprint density at radius 1 is 1.00 bits per heavy atom. The molecule has 33 heavy (non-hydrogen) atoms. The van der Waals surface area contributed by atoms with Crippen LogP contribution in [-0.4, -0.2) is 62.4 Å². The van der Waals surface area contributed by atoms with E-state index in [1.54, 1.807) is 39.5 Å². The number of methoxy groups -OCH3 is 3. The first-order valence-electron chi connectivity index (χ1n) is 10.5. The lowest BCUT2D eigenvalue weighted by molar-refractivity contribution is 0.122. The van der Waals surface area contributed by atoms with Gasteiger partial charge in [-0.05, 0) is 35.9 Å². The number of para-hydroxylation sites is 1. The molecular formula is C24H25N5O4. The van der Waals surface area contributed by atoms with Gasteiger partial charge in [-0.2, -0.15) is 5.26 Å². The number of hydrogen-bond donors (Lipinski definition) is 0. The van der Waals surface area contributed by atoms with Crippen LogP contribution in [0, 0.1) is 11.3 Å². The molecule has 2 heterocycles. The van der Waals surface area contributed by atoms with E-state index in [9.17, 15) is 5.26 Å². The van der Waals surface area contributed by atoms with Crippen LogP contribution in [0.1, 0.15) is 11.4 Å². The van der Waals surface area contributed by atoms with Crippen LogP contribution in [-0.2, 0) is 4.74 Å². The molecule has 0 saturated carbocycles. The summed E-state index contributed by atoms with van der Waals surface area (Å²) in [7, 11) is 4.65. The van der Waals surface area contributed by atoms with Crippen LogP contribution in [0.3, 0.4) is 0 Å². The summed E-state index contributed by atoms with van der Waals surface area (Å²) >= 11 is 0. The second-order valence-electron chi connectivity index (χ2n) is 7.22. The SMILES string of the molecule is COc1cc(/C=C(\C#N)c2nnc(N3CCOCC3)n2-c2ccccc2)cc(OC)c1OC. The fourth-order valence-corrected chi connectivity index (χ4v) is 3.73. The van der Waals surface area contributed by atoms with Gasteiger partial charge >= 0.3 is 0 Å². The summed E-state index contributed by atoms with van der Waals surface area (Å²) in [4.78, 5) is 2.11. The second-order valence-corrected chi connectivity index (χ2v) is 7.22. The monoisotopic (exact) mass is 447 g/mol. The summed E-state index contributed by atoms with van der Waals surface area (Å²) in [6.45, 7) is 2.62. The second kappa shape index (κ2) is 10.1. The molecule has 0 bridgehead atoms. The molecule has 1 saturated heterocycles. The third-order valence-corrected chi connectivity index (χ3v) is 5.31. The van der Waals surface area contributed by atoms with Crippen molar-refractivity contribution in [3.8, 4) is 29.0 Å². The Hall–Kier alpha value is -4.03. The molecule has 9 nitrogen and oxygen atoms in total. The summed E-state index contributed by atoms with van der Waals surface area (Å²) in [5.74, 6) is 2.60. The lowest BCUT2D eigenvalue weighted by atomic mass is 10.1. The Morgan fingerprint density at radius 2 is 1.67 bits per heavy atom. The van der Waals surface area contributed by atoms with Crippen LogP contribution in [0.15, 0.2) is 42.5 Å². The topological polar surface area (TPSA) is 94.7 Å². The molecule has 1 aliphatic heterocycles. The molecule has 4 rings (SSSR count). The number of rotatable bonds is 7. The number of anilines is 1. The van der Waals surface area contributed by atoms with Gasteiger partial charge in [-0.25, -0.2) is 0 Å². The number of benzene rings is 2. The quantitative estimate of drug-likeness (QED) is 0.510. The van der Waals surface area contributed by atoms with Gasteiger partial charge in [-0.1, -0.05) is 18.2 Å². The van der Waals surface area contributed by atoms with Crippen molar-refractivity contribution < 1.29 is 18.9 Å². The molecule has 0 unspecified atom stereocenters. The lowest BCUT2D eigenvalue weighted by Gasteiger charge is -2.28. The average molecular weight is 447 g/mol. The predicted molar refractivity (Wildman–Crippen MR) is 124 cm³/mol. The first-order valence-corrected chi connectivity index (χ1v) is 10.5. The van der Waals surface area contributed by atoms with Gasteiger partial charge in [0.1, 0.15) is 6.07 Å². The molecular weight excluding hydrogens is 422 g/mol. The Morgan fingerprint density at radius 3 is 2.24 bits per heavy atom. The minimum Gasteiger partial charge on any atom is -0.493 e. The number of nitriles is 1. The van der Waals surface area contributed by atoms with E-state index in [-0.39, 0.29) is 0 Å². The van der Waals surface area contributed by atoms with Gasteiger partial charge in [0.15, 0.2) is 17.3 Å². The molecule has 0 amide bonds. The third kappa shape index (κ3) is 4.47. The van der Waals surface area contributed by atoms with Gasteiger partial charge in [-0.15, -0.1) is 10.2 Å². The van der Waals surface area contributed by atoms with Crippen molar-refractivity contribution >= 4 is 17.6 Å². The number of ether oxygens (including phenoxy) is 4. The van der Waals surface area contributed by atoms with Gasteiger partial charge in [0.25, 0.3) is 0 Å². The average Bonchev–Trinajstić information content (AvgIpc) is 3.32. The van der Waals surface area contributed by atoms with Gasteiger partial charge in [0.05, 0.1) is 45.8 Å². The van der Waals surface area contributed by atoms with E-state index in [2.05, 4.69) is 21.2 Å². The van der Waals surface area contributed by atoms with Crippen molar-refractivity contribution in [1.29, 1.82) is 5.26 Å². The fourth-order valence-electron chi connectivity index (χ4n) is 3.73. The van der Waals surface area contributed by atoms with Crippen molar-refractivity contribution in [2.45, 2.75) is 0 Å². The van der Waals surface area contributed by atoms with Crippen LogP contribution in [0.2, 0.25) is 0 Å². The summed E-state index contributed by atoms with van der Waals surface area (Å²) in [6.07, 6.45) is 1.73. The highest BCUT2D eigenvalue weighted by Crippen LogP contribution is 2.39. The molecule has 0 radical (unpaired) electrons. The summed E-state index contributed by atoms with van der Waals surface area (Å²) in [5.41, 5.74) is 1.92. The van der Waals surface area contributed by atoms with Crippen molar-refractivity contribution in [2.24, 2.45) is 0 Å². The molecule has 1 fully saturated rings. The van der Waals surface area contributed by atoms with Crippen molar-refractivity contribution in [2.75, 3.05) is 52.5 Å². The van der Waals surface area contributed by atoms with Crippen molar-refractivity contribution in [1.82, 2.24) is 14.8 Å². The highest BCUT2D eigenvalue weighted by atomic mass is 16.5. The zero-order chi connectivity index (χ0) is 23.2. The smallest absolute Gasteiger partial charge is 0.232 e. The Balaban J connectivity index is 1.85. The highest BCUT2D eigenvalue weighted by Gasteiger charge is 2.23. The number of morpholine rings is 1. The van der Waals surface area contributed by atoms with E-state index in [1.807, 2.05) is 34.9 Å². The largest absolute Gasteiger partial charge is 0.493 e. The Labute approximate surface area is 192 Å². The number of nitrogens with zero attached hydrogens (tertiary/aromatic N) is 5. The first kappa shape index (κ1) is 22.2. The molecule has 3 aromatic rings. The molecule has 0 N–H and O–H groups in total. The van der Waals surface area contributed by atoms with Gasteiger partial charge in [-0.3, -0.25) is 4.57 Å². The molecule has 0 aliphatic carbocycles. The zero-order valence-electron chi connectivity index (χ0n) is 18.8. The highest BCUT2D eigenvalue weighted by molar-refractivity contribution is 5.88. The standard InChI is InChI=1S/C24H25N5O4/c1-30-20-14-17(15-21(31-2)22(20)32-3)13-18(16-25)23-26-27-24(28-9-11-33-12-10-28)29(23)19-7-5-4-6-8-19/h4-8,13-15H,9-12H2,1-3H3/b18-13+. The van der Waals surface area contributed by atoms with E-state index in [0.717, 1.165) is 5.69 Å². The minimum atomic E-state index is 0.347. The van der Waals surface area contributed by atoms with Gasteiger partial charge in [0.2, 0.25) is 11.7 Å². The maximum Gasteiger partial charge on any atom is 0.232 e. The molecule has 2 aromatic carbocycles. The van der Waals surface area contributed by atoms with E-state index < -0.39 is 0 Å². The van der Waals surface area contributed by atoms with Crippen molar-refractivity contribution in [3.63, 3.8) is 0 Å². The maximum atomic E-state index is 10.1. The fraction of sp³-hybridized carbons (Fsp3) is 0.292. The predicted octanol–water partition coefficient (Wildman–Crippen LogP) is 3.19. The molecule has 170 valence electrons. The van der Waals surface area contributed by atoms with Gasteiger partial charge in [0, 0.05) is 13.1 Å². The number of allylic oxidation sites excluding steroid dienone is 1. The van der Waals surface area contributed by atoms with E-state index in [0.29, 0.717) is 66.5 Å². The zero-order valence-corrected chi connectivity index (χ0v) is 18.8. The Kier molecular flexibility index (Phi) is 6.76. The van der Waals surface area contributed by atoms with Crippen LogP contribution >= 0.6 is 0 Å². The van der Waals surface area contributed by atoms with Crippen molar-refractivity contribution in [3.05, 3.63) is 53.9 Å². The summed E-state index contributed by atoms with van der Waals surface area (Å²) in [6, 6.07) is 15.6. The molecule has 1 aliphatic rings. The van der Waals surface area contributed by atoms with Crippen LogP contribution in [0.4, 0.5) is 5.95 Å². The van der Waals surface area contributed by atoms with E-state index >= 15 is 0 Å². The molecule has 0 spiro atoms. The summed E-state index contributed by atoms with van der Waals surface area (Å²) in [5, 5.41) is 18.9. The molecule has 0 atom stereocenters. The number of aromatic nitrogens is 3. The normalized spacial score (nSPS) is 14.0. The summed E-state index contributed by atoms with van der Waals surface area (Å²) < 4.78 is 23.7. The number of hydrogen-bond acceptors (Lipinski definition) is 8. The Bertz CT molecular complexity index is 1150. The maximum absolute atomic E-state index is 10.1. The molecule has 9 heteroatoms. The molecule has 1 aromatic heterocycles.